The summed E-state index contributed by atoms with van der Waals surface area (Å²) in [4.78, 5) is 10.1. The average Bonchev–Trinajstić information content (AvgIpc) is 2.88. The molecular weight excluding hydrogens is 356 g/mol. The van der Waals surface area contributed by atoms with Gasteiger partial charge in [0.05, 0.1) is 4.92 Å². The Morgan fingerprint density at radius 3 is 2.45 bits per heavy atom. The zero-order chi connectivity index (χ0) is 13.4. The summed E-state index contributed by atoms with van der Waals surface area (Å²) < 4.78 is 0. The minimum Gasteiger partial charge on any atom is -0.505 e. The molecular formula is C12H8AgN4O3+. The van der Waals surface area contributed by atoms with E-state index in [1.165, 1.54) is 12.1 Å². The van der Waals surface area contributed by atoms with Crippen LogP contribution in [0.1, 0.15) is 0 Å². The van der Waals surface area contributed by atoms with Gasteiger partial charge in [-0.2, -0.15) is 15.4 Å². The number of fused-ring (bicyclic) bond motifs is 1. The Morgan fingerprint density at radius 2 is 1.80 bits per heavy atom. The minimum absolute atomic E-state index is 0. The summed E-state index contributed by atoms with van der Waals surface area (Å²) in [6, 6.07) is 9.36. The molecule has 1 aromatic heterocycles. The quantitative estimate of drug-likeness (QED) is 0.412. The fourth-order valence-electron chi connectivity index (χ4n) is 1.89. The average molecular weight is 364 g/mol. The van der Waals surface area contributed by atoms with Crippen molar-refractivity contribution in [3.63, 3.8) is 0 Å². The Morgan fingerprint density at radius 1 is 1.10 bits per heavy atom. The zero-order valence-electron chi connectivity index (χ0n) is 9.87. The molecule has 3 rings (SSSR count). The first-order valence-electron chi connectivity index (χ1n) is 5.44. The standard InChI is InChI=1S/C12H8N4O3.Ag/c17-12-9(5-6-10-11(12)14-15-13-10)7-1-3-8(4-2-7)16(18)19;/h1-6,17H,(H,13,14,15);/q;+1. The third-order valence-electron chi connectivity index (χ3n) is 2.85. The van der Waals surface area contributed by atoms with Gasteiger partial charge in [0.1, 0.15) is 5.52 Å². The number of hydrogen-bond acceptors (Lipinski definition) is 5. The minimum atomic E-state index is -0.468. The van der Waals surface area contributed by atoms with Gasteiger partial charge in [-0.3, -0.25) is 10.1 Å². The molecule has 0 saturated heterocycles. The molecule has 0 amide bonds. The third-order valence-corrected chi connectivity index (χ3v) is 2.85. The normalized spacial score (nSPS) is 10.2. The van der Waals surface area contributed by atoms with Crippen LogP contribution < -0.4 is 0 Å². The molecule has 0 aliphatic rings. The Kier molecular flexibility index (Phi) is 3.84. The van der Waals surface area contributed by atoms with Crippen LogP contribution in [0, 0.1) is 10.1 Å². The van der Waals surface area contributed by atoms with Crippen molar-refractivity contribution in [2.45, 2.75) is 0 Å². The first-order valence-corrected chi connectivity index (χ1v) is 5.44. The Hall–Kier alpha value is -2.22. The molecule has 2 N–H and O–H groups in total. The van der Waals surface area contributed by atoms with Gasteiger partial charge < -0.3 is 5.11 Å². The number of hydrogen-bond donors (Lipinski definition) is 2. The van der Waals surface area contributed by atoms with E-state index in [9.17, 15) is 15.2 Å². The van der Waals surface area contributed by atoms with Gasteiger partial charge >= 0.3 is 22.4 Å². The van der Waals surface area contributed by atoms with Gasteiger partial charge in [-0.15, -0.1) is 0 Å². The van der Waals surface area contributed by atoms with E-state index in [1.807, 2.05) is 0 Å². The number of nitrogens with zero attached hydrogens (tertiary/aromatic N) is 3. The predicted octanol–water partition coefficient (Wildman–Crippen LogP) is 2.24. The molecule has 8 heteroatoms. The summed E-state index contributed by atoms with van der Waals surface area (Å²) in [5.74, 6) is 0.0000954. The van der Waals surface area contributed by atoms with Crippen molar-refractivity contribution >= 4 is 16.7 Å². The van der Waals surface area contributed by atoms with E-state index in [-0.39, 0.29) is 33.8 Å². The molecule has 0 aliphatic carbocycles. The fraction of sp³-hybridized carbons (Fsp3) is 0. The maximum Gasteiger partial charge on any atom is 1.00 e. The van der Waals surface area contributed by atoms with Crippen molar-refractivity contribution in [1.82, 2.24) is 15.4 Å². The van der Waals surface area contributed by atoms with E-state index in [4.69, 9.17) is 0 Å². The molecule has 1 heterocycles. The molecule has 0 atom stereocenters. The van der Waals surface area contributed by atoms with Crippen LogP contribution in [0.4, 0.5) is 5.69 Å². The monoisotopic (exact) mass is 363 g/mol. The van der Waals surface area contributed by atoms with Crippen molar-refractivity contribution < 1.29 is 32.4 Å². The largest absolute Gasteiger partial charge is 1.00 e. The number of aromatic amines is 1. The number of non-ortho nitro benzene ring substituents is 1. The van der Waals surface area contributed by atoms with Crippen molar-refractivity contribution in [3.05, 3.63) is 46.5 Å². The van der Waals surface area contributed by atoms with Crippen LogP contribution in [-0.4, -0.2) is 25.4 Å². The van der Waals surface area contributed by atoms with Crippen LogP contribution in [-0.2, 0) is 22.4 Å². The second-order valence-corrected chi connectivity index (χ2v) is 3.96. The fourth-order valence-corrected chi connectivity index (χ4v) is 1.89. The van der Waals surface area contributed by atoms with E-state index in [0.29, 0.717) is 22.2 Å². The van der Waals surface area contributed by atoms with Crippen molar-refractivity contribution in [2.75, 3.05) is 0 Å². The van der Waals surface area contributed by atoms with Crippen LogP contribution in [0.15, 0.2) is 36.4 Å². The predicted molar refractivity (Wildman–Crippen MR) is 67.6 cm³/mol. The summed E-state index contributed by atoms with van der Waals surface area (Å²) >= 11 is 0. The third kappa shape index (κ3) is 2.29. The number of aromatic hydroxyl groups is 1. The number of benzene rings is 2. The van der Waals surface area contributed by atoms with Crippen LogP contribution in [0.25, 0.3) is 22.2 Å². The summed E-state index contributed by atoms with van der Waals surface area (Å²) in [5, 5.41) is 30.9. The number of aromatic nitrogens is 3. The van der Waals surface area contributed by atoms with Crippen molar-refractivity contribution in [3.8, 4) is 16.9 Å². The van der Waals surface area contributed by atoms with Crippen molar-refractivity contribution in [1.29, 1.82) is 0 Å². The molecule has 104 valence electrons. The number of H-pyrrole nitrogens is 1. The van der Waals surface area contributed by atoms with Gasteiger partial charge in [0.2, 0.25) is 0 Å². The first kappa shape index (κ1) is 14.2. The van der Waals surface area contributed by atoms with Gasteiger partial charge in [0.15, 0.2) is 11.3 Å². The summed E-state index contributed by atoms with van der Waals surface area (Å²) in [6.45, 7) is 0. The molecule has 20 heavy (non-hydrogen) atoms. The van der Waals surface area contributed by atoms with Crippen LogP contribution in [0.3, 0.4) is 0 Å². The summed E-state index contributed by atoms with van der Waals surface area (Å²) in [7, 11) is 0. The van der Waals surface area contributed by atoms with Gasteiger partial charge in [0, 0.05) is 17.7 Å². The molecule has 0 spiro atoms. The second-order valence-electron chi connectivity index (χ2n) is 3.96. The molecule has 2 aromatic carbocycles. The molecule has 7 nitrogen and oxygen atoms in total. The summed E-state index contributed by atoms with van der Waals surface area (Å²) in [5.41, 5.74) is 2.16. The van der Waals surface area contributed by atoms with Crippen LogP contribution in [0.2, 0.25) is 0 Å². The number of nitro benzene ring substituents is 1. The van der Waals surface area contributed by atoms with Crippen LogP contribution in [0.5, 0.6) is 5.75 Å². The SMILES string of the molecule is O=[N+]([O-])c1ccc(-c2ccc3n[nH]nc3c2O)cc1.[Ag+]. The Balaban J connectivity index is 0.00000147. The zero-order valence-corrected chi connectivity index (χ0v) is 11.4. The number of nitro groups is 1. The van der Waals surface area contributed by atoms with Gasteiger partial charge in [-0.05, 0) is 29.8 Å². The van der Waals surface area contributed by atoms with Crippen LogP contribution >= 0.6 is 0 Å². The smallest absolute Gasteiger partial charge is 0.505 e. The topological polar surface area (TPSA) is 105 Å². The number of nitrogens with one attached hydrogen (secondary N) is 1. The van der Waals surface area contributed by atoms with E-state index in [0.717, 1.165) is 0 Å². The Labute approximate surface area is 128 Å². The molecule has 0 radical (unpaired) electrons. The van der Waals surface area contributed by atoms with E-state index < -0.39 is 4.92 Å². The first-order chi connectivity index (χ1) is 9.16. The maximum absolute atomic E-state index is 10.6. The number of phenols is 1. The van der Waals surface area contributed by atoms with E-state index >= 15 is 0 Å². The van der Waals surface area contributed by atoms with Gasteiger partial charge in [0.25, 0.3) is 5.69 Å². The molecule has 0 bridgehead atoms. The number of rotatable bonds is 2. The maximum atomic E-state index is 10.6. The second kappa shape index (κ2) is 5.41. The van der Waals surface area contributed by atoms with E-state index in [2.05, 4.69) is 15.4 Å². The molecule has 0 fully saturated rings. The molecule has 0 unspecified atom stereocenters. The number of phenolic OH excluding ortho intramolecular Hbond substituents is 1. The van der Waals surface area contributed by atoms with Gasteiger partial charge in [-0.1, -0.05) is 0 Å². The molecule has 0 aliphatic heterocycles. The molecule has 0 saturated carbocycles. The van der Waals surface area contributed by atoms with Gasteiger partial charge in [-0.25, -0.2) is 0 Å². The Bertz CT molecular complexity index is 770. The summed E-state index contributed by atoms with van der Waals surface area (Å²) in [6.07, 6.45) is 0. The molecule has 3 aromatic rings. The van der Waals surface area contributed by atoms with E-state index in [1.54, 1.807) is 24.3 Å². The van der Waals surface area contributed by atoms with Crippen molar-refractivity contribution in [2.24, 2.45) is 0 Å².